The van der Waals surface area contributed by atoms with Gasteiger partial charge in [-0.25, -0.2) is 18.9 Å². The summed E-state index contributed by atoms with van der Waals surface area (Å²) in [7, 11) is 0. The molecule has 1 amide bonds. The second-order valence-electron chi connectivity index (χ2n) is 5.63. The molecular weight excluding hydrogens is 402 g/mol. The van der Waals surface area contributed by atoms with Crippen LogP contribution in [0.15, 0.2) is 52.9 Å². The number of benzene rings is 1. The quantitative estimate of drug-likeness (QED) is 0.233. The van der Waals surface area contributed by atoms with E-state index in [2.05, 4.69) is 31.0 Å². The highest BCUT2D eigenvalue weighted by Crippen LogP contribution is 2.20. The van der Waals surface area contributed by atoms with Crippen LogP contribution in [0.4, 0.5) is 20.4 Å². The Bertz CT molecular complexity index is 1020. The SMILES string of the molecule is C/C(=N\Nc1nnc(SCC(=O)Nc2c(F)cccc2F)n1N)c1ccccn1. The molecule has 0 aliphatic carbocycles. The fraction of sp³-hybridized carbons (Fsp3) is 0.118. The van der Waals surface area contributed by atoms with E-state index >= 15 is 0 Å². The maximum Gasteiger partial charge on any atom is 0.264 e. The van der Waals surface area contributed by atoms with Crippen LogP contribution >= 0.6 is 11.8 Å². The van der Waals surface area contributed by atoms with Gasteiger partial charge in [0.25, 0.3) is 5.95 Å². The van der Waals surface area contributed by atoms with E-state index in [4.69, 9.17) is 5.84 Å². The number of carbonyl (C=O) groups excluding carboxylic acids is 1. The van der Waals surface area contributed by atoms with Crippen molar-refractivity contribution in [1.82, 2.24) is 19.9 Å². The molecule has 0 radical (unpaired) electrons. The van der Waals surface area contributed by atoms with Crippen LogP contribution in [0.1, 0.15) is 12.6 Å². The molecule has 0 fully saturated rings. The highest BCUT2D eigenvalue weighted by atomic mass is 32.2. The second-order valence-corrected chi connectivity index (χ2v) is 6.58. The lowest BCUT2D eigenvalue weighted by molar-refractivity contribution is -0.113. The van der Waals surface area contributed by atoms with Crippen molar-refractivity contribution < 1.29 is 13.6 Å². The van der Waals surface area contributed by atoms with Gasteiger partial charge < -0.3 is 11.2 Å². The van der Waals surface area contributed by atoms with Crippen molar-refractivity contribution in [2.45, 2.75) is 12.1 Å². The van der Waals surface area contributed by atoms with Gasteiger partial charge in [0.05, 0.1) is 17.2 Å². The molecular formula is C17H16F2N8OS. The Morgan fingerprint density at radius 1 is 1.21 bits per heavy atom. The van der Waals surface area contributed by atoms with Gasteiger partial charge in [-0.2, -0.15) is 5.10 Å². The van der Waals surface area contributed by atoms with Gasteiger partial charge in [0, 0.05) is 6.20 Å². The van der Waals surface area contributed by atoms with Crippen molar-refractivity contribution in [2.75, 3.05) is 22.3 Å². The molecule has 0 saturated carbocycles. The number of para-hydroxylation sites is 1. The first kappa shape index (κ1) is 20.2. The number of hydrogen-bond acceptors (Lipinski definition) is 8. The fourth-order valence-corrected chi connectivity index (χ4v) is 2.80. The zero-order valence-electron chi connectivity index (χ0n) is 15.1. The highest BCUT2D eigenvalue weighted by molar-refractivity contribution is 7.99. The first-order valence-corrected chi connectivity index (χ1v) is 9.23. The number of nitrogens with zero attached hydrogens (tertiary/aromatic N) is 5. The Labute approximate surface area is 168 Å². The third-order valence-electron chi connectivity index (χ3n) is 3.58. The number of aromatic nitrogens is 4. The first-order valence-electron chi connectivity index (χ1n) is 8.24. The summed E-state index contributed by atoms with van der Waals surface area (Å²) in [6.45, 7) is 1.76. The molecule has 0 bridgehead atoms. The van der Waals surface area contributed by atoms with Gasteiger partial charge in [-0.05, 0) is 31.2 Å². The molecule has 3 rings (SSSR count). The summed E-state index contributed by atoms with van der Waals surface area (Å²) in [6.07, 6.45) is 1.65. The van der Waals surface area contributed by atoms with E-state index in [0.717, 1.165) is 28.6 Å². The lowest BCUT2D eigenvalue weighted by Gasteiger charge is -2.07. The van der Waals surface area contributed by atoms with Gasteiger partial charge in [-0.3, -0.25) is 9.78 Å². The molecule has 2 aromatic heterocycles. The molecule has 3 aromatic rings. The fourth-order valence-electron chi connectivity index (χ4n) is 2.14. The molecule has 0 spiro atoms. The third-order valence-corrected chi connectivity index (χ3v) is 4.53. The van der Waals surface area contributed by atoms with E-state index in [1.807, 2.05) is 6.07 Å². The van der Waals surface area contributed by atoms with E-state index in [0.29, 0.717) is 11.4 Å². The van der Waals surface area contributed by atoms with Crippen LogP contribution in [0.2, 0.25) is 0 Å². The van der Waals surface area contributed by atoms with E-state index in [-0.39, 0.29) is 16.9 Å². The molecule has 150 valence electrons. The van der Waals surface area contributed by atoms with E-state index in [9.17, 15) is 13.6 Å². The summed E-state index contributed by atoms with van der Waals surface area (Å²) in [4.78, 5) is 16.1. The standard InChI is InChI=1S/C17H16F2N8OS/c1-10(13-7-2-3-8-21-13)23-24-16-25-26-17(27(16)20)29-9-14(28)22-15-11(18)5-4-6-12(15)19/h2-8H,9,20H2,1H3,(H,22,28)(H,24,25)/b23-10+. The number of rotatable bonds is 7. The zero-order chi connectivity index (χ0) is 20.8. The molecule has 0 aliphatic heterocycles. The van der Waals surface area contributed by atoms with Crippen LogP contribution < -0.4 is 16.6 Å². The van der Waals surface area contributed by atoms with Gasteiger partial charge in [0.15, 0.2) is 0 Å². The number of hydrogen-bond donors (Lipinski definition) is 3. The lowest BCUT2D eigenvalue weighted by Crippen LogP contribution is -2.18. The maximum atomic E-state index is 13.6. The maximum absolute atomic E-state index is 13.6. The van der Waals surface area contributed by atoms with Crippen molar-refractivity contribution in [2.24, 2.45) is 5.10 Å². The first-order chi connectivity index (χ1) is 14.0. The molecule has 0 saturated heterocycles. The number of pyridine rings is 1. The van der Waals surface area contributed by atoms with Crippen LogP contribution in [0.5, 0.6) is 0 Å². The number of nitrogens with two attached hydrogens (primary N) is 1. The zero-order valence-corrected chi connectivity index (χ0v) is 16.0. The highest BCUT2D eigenvalue weighted by Gasteiger charge is 2.15. The molecule has 0 unspecified atom stereocenters. The van der Waals surface area contributed by atoms with Gasteiger partial charge >= 0.3 is 0 Å². The molecule has 2 heterocycles. The van der Waals surface area contributed by atoms with Crippen LogP contribution in [0.25, 0.3) is 0 Å². The largest absolute Gasteiger partial charge is 0.334 e. The Balaban J connectivity index is 1.59. The average molecular weight is 418 g/mol. The van der Waals surface area contributed by atoms with Crippen LogP contribution in [0.3, 0.4) is 0 Å². The number of carbonyl (C=O) groups is 1. The minimum atomic E-state index is -0.863. The summed E-state index contributed by atoms with van der Waals surface area (Å²) in [5.74, 6) is 3.50. The summed E-state index contributed by atoms with van der Waals surface area (Å²) in [6, 6.07) is 8.73. The van der Waals surface area contributed by atoms with Gasteiger partial charge in [0.2, 0.25) is 11.1 Å². The molecule has 4 N–H and O–H groups in total. The predicted octanol–water partition coefficient (Wildman–Crippen LogP) is 2.23. The van der Waals surface area contributed by atoms with Crippen LogP contribution in [0, 0.1) is 11.6 Å². The summed E-state index contributed by atoms with van der Waals surface area (Å²) in [5, 5.41) is 14.2. The normalized spacial score (nSPS) is 11.3. The predicted molar refractivity (Wildman–Crippen MR) is 106 cm³/mol. The third kappa shape index (κ3) is 5.04. The van der Waals surface area contributed by atoms with Crippen molar-refractivity contribution in [3.8, 4) is 0 Å². The average Bonchev–Trinajstić information content (AvgIpc) is 3.07. The lowest BCUT2D eigenvalue weighted by atomic mass is 10.3. The van der Waals surface area contributed by atoms with Crippen LogP contribution in [-0.2, 0) is 4.79 Å². The van der Waals surface area contributed by atoms with Crippen molar-refractivity contribution in [3.05, 3.63) is 59.9 Å². The molecule has 29 heavy (non-hydrogen) atoms. The Morgan fingerprint density at radius 3 is 2.66 bits per heavy atom. The summed E-state index contributed by atoms with van der Waals surface area (Å²) in [5.41, 5.74) is 3.45. The Morgan fingerprint density at radius 2 is 1.97 bits per heavy atom. The number of hydrazone groups is 1. The number of halogens is 2. The second kappa shape index (κ2) is 9.10. The number of nitrogen functional groups attached to an aromatic ring is 1. The molecule has 0 aliphatic rings. The van der Waals surface area contributed by atoms with Gasteiger partial charge in [-0.15, -0.1) is 10.2 Å². The number of amides is 1. The van der Waals surface area contributed by atoms with E-state index in [1.54, 1.807) is 25.3 Å². The number of thioether (sulfide) groups is 1. The van der Waals surface area contributed by atoms with E-state index < -0.39 is 23.2 Å². The molecule has 12 heteroatoms. The smallest absolute Gasteiger partial charge is 0.264 e. The topological polar surface area (TPSA) is 123 Å². The minimum absolute atomic E-state index is 0.142. The summed E-state index contributed by atoms with van der Waals surface area (Å²) < 4.78 is 28.3. The van der Waals surface area contributed by atoms with Crippen molar-refractivity contribution in [3.63, 3.8) is 0 Å². The van der Waals surface area contributed by atoms with Crippen molar-refractivity contribution in [1.29, 1.82) is 0 Å². The number of nitrogens with one attached hydrogen (secondary N) is 2. The van der Waals surface area contributed by atoms with Crippen molar-refractivity contribution >= 4 is 35.0 Å². The minimum Gasteiger partial charge on any atom is -0.334 e. The Kier molecular flexibility index (Phi) is 6.34. The summed E-state index contributed by atoms with van der Waals surface area (Å²) >= 11 is 0.944. The number of anilines is 2. The van der Waals surface area contributed by atoms with E-state index in [1.165, 1.54) is 6.07 Å². The van der Waals surface area contributed by atoms with Gasteiger partial charge in [-0.1, -0.05) is 23.9 Å². The molecule has 1 aromatic carbocycles. The van der Waals surface area contributed by atoms with Crippen LogP contribution in [-0.4, -0.2) is 37.2 Å². The molecule has 0 atom stereocenters. The molecule has 9 nitrogen and oxygen atoms in total. The van der Waals surface area contributed by atoms with Gasteiger partial charge in [0.1, 0.15) is 17.3 Å². The monoisotopic (exact) mass is 418 g/mol. The Hall–Kier alpha value is -3.54.